The Hall–Kier alpha value is -7.02. The van der Waals surface area contributed by atoms with Gasteiger partial charge in [0.15, 0.2) is 0 Å². The summed E-state index contributed by atoms with van der Waals surface area (Å²) in [5, 5.41) is 15.3. The second-order valence-electron chi connectivity index (χ2n) is 14.3. The molecule has 0 aliphatic rings. The molecule has 0 spiro atoms. The fourth-order valence-electron chi connectivity index (χ4n) is 9.06. The van der Waals surface area contributed by atoms with Crippen molar-refractivity contribution in [2.45, 2.75) is 0 Å². The van der Waals surface area contributed by atoms with Crippen molar-refractivity contribution in [3.05, 3.63) is 206 Å². The van der Waals surface area contributed by atoms with Gasteiger partial charge in [0.1, 0.15) is 0 Å². The Balaban J connectivity index is 1.24. The summed E-state index contributed by atoms with van der Waals surface area (Å²) in [6.45, 7) is 0. The number of hydrogen-bond donors (Lipinski definition) is 0. The van der Waals surface area contributed by atoms with E-state index in [1.54, 1.807) is 0 Å². The molecule has 54 heavy (non-hydrogen) atoms. The molecule has 0 radical (unpaired) electrons. The maximum atomic E-state index is 2.46. The zero-order valence-corrected chi connectivity index (χ0v) is 29.6. The molecule has 0 unspecified atom stereocenters. The van der Waals surface area contributed by atoms with Gasteiger partial charge in [-0.15, -0.1) is 0 Å². The molecule has 0 aromatic heterocycles. The SMILES string of the molecule is c1ccc(-c2c3ccccc3c(-c3ccc(-c4cccc5ccccc45)c(-c4ccc5c6ccccc6c6ccccc6c5c4)c3)c3ccccc23)cc1. The quantitative estimate of drug-likeness (QED) is 0.128. The first-order valence-corrected chi connectivity index (χ1v) is 18.8. The van der Waals surface area contributed by atoms with E-state index in [1.807, 2.05) is 0 Å². The fourth-order valence-corrected chi connectivity index (χ4v) is 9.06. The monoisotopic (exact) mass is 682 g/mol. The Bertz CT molecular complexity index is 3160. The molecule has 250 valence electrons. The Labute approximate surface area is 314 Å². The van der Waals surface area contributed by atoms with Gasteiger partial charge in [-0.1, -0.05) is 194 Å². The van der Waals surface area contributed by atoms with Crippen LogP contribution < -0.4 is 0 Å². The van der Waals surface area contributed by atoms with E-state index in [9.17, 15) is 0 Å². The minimum absolute atomic E-state index is 1.21. The molecule has 0 bridgehead atoms. The van der Waals surface area contributed by atoms with E-state index in [2.05, 4.69) is 206 Å². The van der Waals surface area contributed by atoms with Crippen molar-refractivity contribution in [3.63, 3.8) is 0 Å². The summed E-state index contributed by atoms with van der Waals surface area (Å²) >= 11 is 0. The average Bonchev–Trinajstić information content (AvgIpc) is 3.25. The molecule has 0 nitrogen and oxygen atoms in total. The lowest BCUT2D eigenvalue weighted by atomic mass is 9.83. The molecule has 0 fully saturated rings. The molecule has 0 aliphatic carbocycles. The zero-order valence-electron chi connectivity index (χ0n) is 29.6. The lowest BCUT2D eigenvalue weighted by molar-refractivity contribution is 1.61. The summed E-state index contributed by atoms with van der Waals surface area (Å²) in [4.78, 5) is 0. The Morgan fingerprint density at radius 2 is 0.630 bits per heavy atom. The number of rotatable bonds is 4. The smallest absolute Gasteiger partial charge is 0.00261 e. The minimum atomic E-state index is 1.21. The molecule has 0 atom stereocenters. The van der Waals surface area contributed by atoms with Crippen molar-refractivity contribution in [1.82, 2.24) is 0 Å². The van der Waals surface area contributed by atoms with E-state index in [0.717, 1.165) is 0 Å². The van der Waals surface area contributed by atoms with Gasteiger partial charge in [0.25, 0.3) is 0 Å². The molecular weight excluding hydrogens is 649 g/mol. The first-order valence-electron chi connectivity index (χ1n) is 18.8. The van der Waals surface area contributed by atoms with Crippen LogP contribution in [-0.2, 0) is 0 Å². The third-order valence-corrected chi connectivity index (χ3v) is 11.4. The summed E-state index contributed by atoms with van der Waals surface area (Å²) in [6, 6.07) is 76.2. The van der Waals surface area contributed by atoms with Gasteiger partial charge >= 0.3 is 0 Å². The molecule has 11 rings (SSSR count). The normalized spacial score (nSPS) is 11.7. The highest BCUT2D eigenvalue weighted by Crippen LogP contribution is 2.47. The predicted octanol–water partition coefficient (Wildman–Crippen LogP) is 15.3. The minimum Gasteiger partial charge on any atom is -0.0622 e. The predicted molar refractivity (Wildman–Crippen MR) is 233 cm³/mol. The van der Waals surface area contributed by atoms with Crippen molar-refractivity contribution < 1.29 is 0 Å². The maximum Gasteiger partial charge on any atom is -0.00261 e. The van der Waals surface area contributed by atoms with Crippen LogP contribution in [0.2, 0.25) is 0 Å². The Morgan fingerprint density at radius 3 is 1.24 bits per heavy atom. The Kier molecular flexibility index (Phi) is 6.97. The van der Waals surface area contributed by atoms with Crippen molar-refractivity contribution in [3.8, 4) is 44.5 Å². The van der Waals surface area contributed by atoms with Crippen LogP contribution in [-0.4, -0.2) is 0 Å². The van der Waals surface area contributed by atoms with Crippen LogP contribution in [0.5, 0.6) is 0 Å². The molecule has 11 aromatic carbocycles. The lowest BCUT2D eigenvalue weighted by Crippen LogP contribution is -1.93. The number of benzene rings is 11. The van der Waals surface area contributed by atoms with Gasteiger partial charge in [0.2, 0.25) is 0 Å². The van der Waals surface area contributed by atoms with Crippen LogP contribution in [0.4, 0.5) is 0 Å². The lowest BCUT2D eigenvalue weighted by Gasteiger charge is -2.20. The largest absolute Gasteiger partial charge is 0.0622 e. The van der Waals surface area contributed by atoms with Gasteiger partial charge < -0.3 is 0 Å². The van der Waals surface area contributed by atoms with Crippen LogP contribution in [0.15, 0.2) is 206 Å². The molecule has 0 heteroatoms. The standard InChI is InChI=1S/C54H34/c1-2-16-36(17-3-1)53-47-24-10-12-26-49(47)54(50-27-13-11-25-48(50)53)38-30-32-45(40-28-14-18-35-15-4-5-19-39(35)40)51(34-38)37-29-31-46-43-22-7-6-20-41(43)42-21-8-9-23-44(42)52(46)33-37/h1-34H. The van der Waals surface area contributed by atoms with Crippen LogP contribution in [0.25, 0.3) is 109 Å². The third kappa shape index (κ3) is 4.71. The van der Waals surface area contributed by atoms with Crippen LogP contribution in [0.3, 0.4) is 0 Å². The van der Waals surface area contributed by atoms with E-state index in [1.165, 1.54) is 109 Å². The van der Waals surface area contributed by atoms with Gasteiger partial charge in [-0.3, -0.25) is 0 Å². The van der Waals surface area contributed by atoms with Crippen molar-refractivity contribution >= 4 is 64.6 Å². The van der Waals surface area contributed by atoms with Gasteiger partial charge in [-0.05, 0) is 121 Å². The fraction of sp³-hybridized carbons (Fsp3) is 0. The second-order valence-corrected chi connectivity index (χ2v) is 14.3. The van der Waals surface area contributed by atoms with Crippen molar-refractivity contribution in [2.24, 2.45) is 0 Å². The maximum absolute atomic E-state index is 2.46. The third-order valence-electron chi connectivity index (χ3n) is 11.4. The van der Waals surface area contributed by atoms with E-state index in [-0.39, 0.29) is 0 Å². The number of fused-ring (bicyclic) bond motifs is 9. The molecule has 0 heterocycles. The highest BCUT2D eigenvalue weighted by Gasteiger charge is 2.19. The first-order chi connectivity index (χ1) is 26.8. The number of hydrogen-bond acceptors (Lipinski definition) is 0. The molecule has 0 N–H and O–H groups in total. The van der Waals surface area contributed by atoms with Gasteiger partial charge in [0, 0.05) is 0 Å². The van der Waals surface area contributed by atoms with Crippen molar-refractivity contribution in [2.75, 3.05) is 0 Å². The topological polar surface area (TPSA) is 0 Å². The summed E-state index contributed by atoms with van der Waals surface area (Å²) in [5.74, 6) is 0. The van der Waals surface area contributed by atoms with E-state index >= 15 is 0 Å². The first kappa shape index (κ1) is 30.6. The summed E-state index contributed by atoms with van der Waals surface area (Å²) in [5.41, 5.74) is 9.91. The Morgan fingerprint density at radius 1 is 0.185 bits per heavy atom. The molecule has 0 saturated heterocycles. The van der Waals surface area contributed by atoms with Gasteiger partial charge in [-0.25, -0.2) is 0 Å². The van der Waals surface area contributed by atoms with Gasteiger partial charge in [0.05, 0.1) is 0 Å². The second kappa shape index (κ2) is 12.3. The van der Waals surface area contributed by atoms with Crippen LogP contribution in [0.1, 0.15) is 0 Å². The summed E-state index contributed by atoms with van der Waals surface area (Å²) < 4.78 is 0. The van der Waals surface area contributed by atoms with E-state index < -0.39 is 0 Å². The van der Waals surface area contributed by atoms with Crippen molar-refractivity contribution in [1.29, 1.82) is 0 Å². The van der Waals surface area contributed by atoms with Crippen LogP contribution in [0, 0.1) is 0 Å². The molecule has 0 amide bonds. The zero-order chi connectivity index (χ0) is 35.6. The molecule has 0 saturated carbocycles. The summed E-state index contributed by atoms with van der Waals surface area (Å²) in [7, 11) is 0. The van der Waals surface area contributed by atoms with Crippen LogP contribution >= 0.6 is 0 Å². The molecule has 0 aliphatic heterocycles. The molecule has 11 aromatic rings. The van der Waals surface area contributed by atoms with Gasteiger partial charge in [-0.2, -0.15) is 0 Å². The average molecular weight is 683 g/mol. The highest BCUT2D eigenvalue weighted by molar-refractivity contribution is 6.26. The molecular formula is C54H34. The highest BCUT2D eigenvalue weighted by atomic mass is 14.2. The summed E-state index contributed by atoms with van der Waals surface area (Å²) in [6.07, 6.45) is 0. The van der Waals surface area contributed by atoms with E-state index in [4.69, 9.17) is 0 Å². The van der Waals surface area contributed by atoms with E-state index in [0.29, 0.717) is 0 Å².